The lowest BCUT2D eigenvalue weighted by Gasteiger charge is -2.37. The summed E-state index contributed by atoms with van der Waals surface area (Å²) in [5, 5.41) is 3.55. The molecule has 2 aliphatic carbocycles. The molecule has 2 bridgehead atoms. The van der Waals surface area contributed by atoms with Gasteiger partial charge in [-0.15, -0.1) is 0 Å². The smallest absolute Gasteiger partial charge is 0.238 e. The van der Waals surface area contributed by atoms with E-state index >= 15 is 0 Å². The molecule has 0 aliphatic heterocycles. The van der Waals surface area contributed by atoms with Crippen molar-refractivity contribution in [1.82, 2.24) is 5.32 Å². The fourth-order valence-electron chi connectivity index (χ4n) is 4.31. The molecular formula is C17H24N2O. The fourth-order valence-corrected chi connectivity index (χ4v) is 4.31. The van der Waals surface area contributed by atoms with Crippen LogP contribution in [-0.2, 0) is 17.6 Å². The minimum atomic E-state index is -0.491. The zero-order valence-corrected chi connectivity index (χ0v) is 12.2. The van der Waals surface area contributed by atoms with Gasteiger partial charge >= 0.3 is 0 Å². The number of nitrogens with one attached hydrogen (secondary N) is 1. The van der Waals surface area contributed by atoms with Gasteiger partial charge in [-0.1, -0.05) is 31.2 Å². The van der Waals surface area contributed by atoms with Crippen LogP contribution in [0.5, 0.6) is 0 Å². The van der Waals surface area contributed by atoms with Crippen molar-refractivity contribution in [3.8, 4) is 0 Å². The second-order valence-corrected chi connectivity index (χ2v) is 6.31. The molecule has 1 aromatic carbocycles. The quantitative estimate of drug-likeness (QED) is 0.881. The molecule has 2 unspecified atom stereocenters. The number of rotatable bonds is 4. The summed E-state index contributed by atoms with van der Waals surface area (Å²) in [5.74, 6) is 0.548. The van der Waals surface area contributed by atoms with Gasteiger partial charge in [-0.25, -0.2) is 0 Å². The number of amides is 1. The van der Waals surface area contributed by atoms with E-state index < -0.39 is 5.54 Å². The monoisotopic (exact) mass is 272 g/mol. The molecule has 0 spiro atoms. The lowest BCUT2D eigenvalue weighted by atomic mass is 9.78. The Balaban J connectivity index is 2.00. The van der Waals surface area contributed by atoms with Gasteiger partial charge in [-0.05, 0) is 61.6 Å². The molecule has 1 saturated carbocycles. The molecule has 20 heavy (non-hydrogen) atoms. The SMILES string of the molecule is CCCNC1(C(N)=O)C2CCC1Cc1ccccc1C2. The van der Waals surface area contributed by atoms with E-state index in [1.54, 1.807) is 0 Å². The average molecular weight is 272 g/mol. The van der Waals surface area contributed by atoms with E-state index in [0.29, 0.717) is 11.8 Å². The topological polar surface area (TPSA) is 55.1 Å². The van der Waals surface area contributed by atoms with Crippen LogP contribution < -0.4 is 11.1 Å². The second kappa shape index (κ2) is 5.21. The molecule has 3 rings (SSSR count). The van der Waals surface area contributed by atoms with Crippen LogP contribution in [0.1, 0.15) is 37.3 Å². The highest BCUT2D eigenvalue weighted by atomic mass is 16.1. The second-order valence-electron chi connectivity index (χ2n) is 6.31. The zero-order chi connectivity index (χ0) is 14.2. The van der Waals surface area contributed by atoms with Crippen LogP contribution >= 0.6 is 0 Å². The van der Waals surface area contributed by atoms with E-state index in [1.165, 1.54) is 11.1 Å². The maximum absolute atomic E-state index is 12.3. The van der Waals surface area contributed by atoms with Crippen LogP contribution in [0.15, 0.2) is 24.3 Å². The van der Waals surface area contributed by atoms with Gasteiger partial charge in [0.15, 0.2) is 0 Å². The minimum Gasteiger partial charge on any atom is -0.368 e. The highest BCUT2D eigenvalue weighted by Gasteiger charge is 2.55. The van der Waals surface area contributed by atoms with Crippen molar-refractivity contribution in [2.45, 2.75) is 44.6 Å². The molecule has 0 saturated heterocycles. The molecule has 108 valence electrons. The first-order chi connectivity index (χ1) is 9.68. The molecule has 0 heterocycles. The molecule has 2 atom stereocenters. The highest BCUT2D eigenvalue weighted by Crippen LogP contribution is 2.47. The number of fused-ring (bicyclic) bond motifs is 3. The number of carbonyl (C=O) groups excluding carboxylic acids is 1. The van der Waals surface area contributed by atoms with Crippen LogP contribution in [-0.4, -0.2) is 18.0 Å². The predicted octanol–water partition coefficient (Wildman–Crippen LogP) is 2.04. The summed E-state index contributed by atoms with van der Waals surface area (Å²) in [6.45, 7) is 3.00. The van der Waals surface area contributed by atoms with Crippen LogP contribution in [0, 0.1) is 11.8 Å². The lowest BCUT2D eigenvalue weighted by molar-refractivity contribution is -0.127. The first-order valence-electron chi connectivity index (χ1n) is 7.80. The van der Waals surface area contributed by atoms with Crippen molar-refractivity contribution in [2.24, 2.45) is 17.6 Å². The van der Waals surface area contributed by atoms with Gasteiger partial charge in [0.05, 0.1) is 0 Å². The van der Waals surface area contributed by atoms with Gasteiger partial charge in [-0.2, -0.15) is 0 Å². The van der Waals surface area contributed by atoms with Gasteiger partial charge in [0, 0.05) is 0 Å². The Hall–Kier alpha value is -1.35. The predicted molar refractivity (Wildman–Crippen MR) is 80.3 cm³/mol. The van der Waals surface area contributed by atoms with E-state index in [4.69, 9.17) is 5.73 Å². The van der Waals surface area contributed by atoms with E-state index in [9.17, 15) is 4.79 Å². The van der Waals surface area contributed by atoms with Crippen LogP contribution in [0.25, 0.3) is 0 Å². The van der Waals surface area contributed by atoms with Gasteiger partial charge in [0.1, 0.15) is 5.54 Å². The molecule has 2 aliphatic rings. The van der Waals surface area contributed by atoms with Gasteiger partial charge in [0.2, 0.25) is 5.91 Å². The van der Waals surface area contributed by atoms with E-state index in [2.05, 4.69) is 36.5 Å². The summed E-state index contributed by atoms with van der Waals surface area (Å²) in [6, 6.07) is 8.62. The third-order valence-corrected chi connectivity index (χ3v) is 5.28. The number of carbonyl (C=O) groups is 1. The maximum atomic E-state index is 12.3. The molecule has 1 aromatic rings. The molecule has 3 nitrogen and oxygen atoms in total. The van der Waals surface area contributed by atoms with Gasteiger partial charge < -0.3 is 11.1 Å². The van der Waals surface area contributed by atoms with Crippen LogP contribution in [0.3, 0.4) is 0 Å². The summed E-state index contributed by atoms with van der Waals surface area (Å²) >= 11 is 0. The highest BCUT2D eigenvalue weighted by molar-refractivity contribution is 5.86. The van der Waals surface area contributed by atoms with Gasteiger partial charge in [-0.3, -0.25) is 4.79 Å². The number of hydrogen-bond acceptors (Lipinski definition) is 2. The largest absolute Gasteiger partial charge is 0.368 e. The molecule has 0 aromatic heterocycles. The Morgan fingerprint density at radius 3 is 2.25 bits per heavy atom. The third-order valence-electron chi connectivity index (χ3n) is 5.28. The zero-order valence-electron chi connectivity index (χ0n) is 12.2. The first kappa shape index (κ1) is 13.6. The first-order valence-corrected chi connectivity index (χ1v) is 7.80. The number of nitrogens with two attached hydrogens (primary N) is 1. The molecule has 1 fully saturated rings. The van der Waals surface area contributed by atoms with Crippen molar-refractivity contribution in [1.29, 1.82) is 0 Å². The standard InChI is InChI=1S/C17H24N2O/c1-2-9-19-17(16(18)20)14-7-8-15(17)11-13-6-4-3-5-12(13)10-14/h3-6,14-15,19H,2,7-11H2,1H3,(H2,18,20). The van der Waals surface area contributed by atoms with E-state index in [0.717, 1.165) is 38.6 Å². The summed E-state index contributed by atoms with van der Waals surface area (Å²) < 4.78 is 0. The van der Waals surface area contributed by atoms with E-state index in [1.807, 2.05) is 0 Å². The Kier molecular flexibility index (Phi) is 3.55. The Morgan fingerprint density at radius 1 is 1.25 bits per heavy atom. The lowest BCUT2D eigenvalue weighted by Crippen LogP contribution is -2.62. The van der Waals surface area contributed by atoms with Gasteiger partial charge in [0.25, 0.3) is 0 Å². The Morgan fingerprint density at radius 2 is 1.80 bits per heavy atom. The van der Waals surface area contributed by atoms with Crippen LogP contribution in [0.4, 0.5) is 0 Å². The van der Waals surface area contributed by atoms with Crippen molar-refractivity contribution in [3.63, 3.8) is 0 Å². The third kappa shape index (κ3) is 1.96. The number of benzene rings is 1. The molecule has 0 radical (unpaired) electrons. The van der Waals surface area contributed by atoms with Crippen molar-refractivity contribution in [2.75, 3.05) is 6.54 Å². The van der Waals surface area contributed by atoms with Crippen LogP contribution in [0.2, 0.25) is 0 Å². The summed E-state index contributed by atoms with van der Waals surface area (Å²) in [5.41, 5.74) is 8.19. The summed E-state index contributed by atoms with van der Waals surface area (Å²) in [4.78, 5) is 12.3. The normalized spacial score (nSPS) is 31.6. The summed E-state index contributed by atoms with van der Waals surface area (Å²) in [6.07, 6.45) is 5.21. The summed E-state index contributed by atoms with van der Waals surface area (Å²) in [7, 11) is 0. The maximum Gasteiger partial charge on any atom is 0.238 e. The number of primary amides is 1. The minimum absolute atomic E-state index is 0.147. The van der Waals surface area contributed by atoms with Crippen molar-refractivity contribution in [3.05, 3.63) is 35.4 Å². The molecule has 3 N–H and O–H groups in total. The van der Waals surface area contributed by atoms with Crippen molar-refractivity contribution < 1.29 is 4.79 Å². The fraction of sp³-hybridized carbons (Fsp3) is 0.588. The number of hydrogen-bond donors (Lipinski definition) is 2. The average Bonchev–Trinajstić information content (AvgIpc) is 2.68. The van der Waals surface area contributed by atoms with Crippen molar-refractivity contribution >= 4 is 5.91 Å². The molecular weight excluding hydrogens is 248 g/mol. The Bertz CT molecular complexity index is 478. The van der Waals surface area contributed by atoms with E-state index in [-0.39, 0.29) is 5.91 Å². The Labute approximate surface area is 120 Å². The molecule has 1 amide bonds. The molecule has 3 heteroatoms.